The third kappa shape index (κ3) is 6.14. The molecule has 11 heteroatoms. The fourth-order valence-corrected chi connectivity index (χ4v) is 4.10. The van der Waals surface area contributed by atoms with Crippen LogP contribution in [-0.4, -0.2) is 49.6 Å². The molecule has 3 unspecified atom stereocenters. The van der Waals surface area contributed by atoms with Gasteiger partial charge in [-0.3, -0.25) is 14.4 Å². The van der Waals surface area contributed by atoms with E-state index in [-0.39, 0.29) is 5.25 Å². The normalized spacial score (nSPS) is 28.1. The lowest BCUT2D eigenvalue weighted by molar-refractivity contribution is -0.00863. The Bertz CT molecular complexity index is 361. The second-order valence-electron chi connectivity index (χ2n) is 4.16. The molecule has 0 aromatic carbocycles. The number of piperidine rings is 1. The molecule has 1 saturated heterocycles. The quantitative estimate of drug-likeness (QED) is 0.300. The smallest absolute Gasteiger partial charge is 0.347 e. The van der Waals surface area contributed by atoms with E-state index in [4.69, 9.17) is 24.3 Å². The summed E-state index contributed by atoms with van der Waals surface area (Å²) in [5.41, 5.74) is 0. The number of rotatable bonds is 5. The third-order valence-electron chi connectivity index (χ3n) is 2.43. The molecule has 0 aromatic heterocycles. The summed E-state index contributed by atoms with van der Waals surface area (Å²) >= 11 is 4.22. The molecule has 0 bridgehead atoms. The Kier molecular flexibility index (Phi) is 5.86. The van der Waals surface area contributed by atoms with Crippen molar-refractivity contribution in [1.29, 1.82) is 0 Å². The standard InChI is InChI=1S/C7H17NO7P2S/c9-16(10,11)4-7(17(12,13)14)15-6-2-1-5(18)3-8-6/h5-8,18H,1-4H2,(H2,9,10,11)(H2,12,13,14). The summed E-state index contributed by atoms with van der Waals surface area (Å²) in [5.74, 6) is -1.80. The van der Waals surface area contributed by atoms with Crippen molar-refractivity contribution in [2.24, 2.45) is 0 Å². The average Bonchev–Trinajstić information content (AvgIpc) is 2.17. The number of thiol groups is 1. The molecule has 1 heterocycles. The Balaban J connectivity index is 2.62. The van der Waals surface area contributed by atoms with E-state index in [9.17, 15) is 9.13 Å². The molecular weight excluding hydrogens is 304 g/mol. The minimum Gasteiger partial charge on any atom is -0.347 e. The van der Waals surface area contributed by atoms with E-state index in [1.165, 1.54) is 0 Å². The highest BCUT2D eigenvalue weighted by Gasteiger charge is 2.38. The minimum atomic E-state index is -4.73. The van der Waals surface area contributed by atoms with Crippen molar-refractivity contribution >= 4 is 27.8 Å². The van der Waals surface area contributed by atoms with Crippen molar-refractivity contribution in [3.05, 3.63) is 0 Å². The van der Waals surface area contributed by atoms with Crippen LogP contribution in [0.25, 0.3) is 0 Å². The molecule has 0 aliphatic carbocycles. The summed E-state index contributed by atoms with van der Waals surface area (Å²) in [7, 11) is -9.29. The third-order valence-corrected chi connectivity index (χ3v) is 5.02. The molecule has 0 radical (unpaired) electrons. The van der Waals surface area contributed by atoms with E-state index in [1.807, 2.05) is 0 Å². The van der Waals surface area contributed by atoms with Crippen LogP contribution in [0, 0.1) is 0 Å². The first kappa shape index (κ1) is 16.6. The van der Waals surface area contributed by atoms with E-state index in [0.29, 0.717) is 19.4 Å². The highest BCUT2D eigenvalue weighted by molar-refractivity contribution is 7.81. The summed E-state index contributed by atoms with van der Waals surface area (Å²) in [5, 5.41) is 3.00. The molecule has 1 rings (SSSR count). The lowest BCUT2D eigenvalue weighted by Gasteiger charge is -2.31. The monoisotopic (exact) mass is 321 g/mol. The van der Waals surface area contributed by atoms with E-state index in [1.54, 1.807) is 0 Å². The van der Waals surface area contributed by atoms with Gasteiger partial charge in [0.1, 0.15) is 6.23 Å². The van der Waals surface area contributed by atoms with Crippen molar-refractivity contribution in [3.63, 3.8) is 0 Å². The van der Waals surface area contributed by atoms with Crippen LogP contribution in [0.4, 0.5) is 0 Å². The van der Waals surface area contributed by atoms with Crippen LogP contribution in [0.5, 0.6) is 0 Å². The van der Waals surface area contributed by atoms with Crippen LogP contribution in [0.1, 0.15) is 12.8 Å². The van der Waals surface area contributed by atoms with Gasteiger partial charge >= 0.3 is 15.2 Å². The topological polar surface area (TPSA) is 136 Å². The first-order valence-electron chi connectivity index (χ1n) is 5.24. The first-order valence-corrected chi connectivity index (χ1v) is 9.24. The van der Waals surface area contributed by atoms with Crippen LogP contribution in [-0.2, 0) is 13.9 Å². The van der Waals surface area contributed by atoms with Gasteiger partial charge in [0.25, 0.3) is 0 Å². The maximum atomic E-state index is 11.1. The van der Waals surface area contributed by atoms with E-state index >= 15 is 0 Å². The highest BCUT2D eigenvalue weighted by atomic mass is 32.1. The Labute approximate surface area is 110 Å². The van der Waals surface area contributed by atoms with Gasteiger partial charge in [0.15, 0.2) is 5.85 Å². The molecule has 0 spiro atoms. The predicted octanol–water partition coefficient (Wildman–Crippen LogP) is -0.308. The molecule has 0 amide bonds. The number of hydrogen-bond acceptors (Lipinski definition) is 5. The van der Waals surface area contributed by atoms with Gasteiger partial charge in [-0.25, -0.2) is 0 Å². The van der Waals surface area contributed by atoms with Crippen LogP contribution >= 0.6 is 27.8 Å². The number of nitrogens with one attached hydrogen (secondary N) is 1. The van der Waals surface area contributed by atoms with Gasteiger partial charge in [0.05, 0.1) is 6.16 Å². The summed E-state index contributed by atoms with van der Waals surface area (Å²) in [6.07, 6.45) is -0.451. The van der Waals surface area contributed by atoms with E-state index in [2.05, 4.69) is 17.9 Å². The molecule has 8 nitrogen and oxygen atoms in total. The second-order valence-corrected chi connectivity index (χ2v) is 8.33. The van der Waals surface area contributed by atoms with Gasteiger partial charge < -0.3 is 24.3 Å². The van der Waals surface area contributed by atoms with Gasteiger partial charge in [-0.1, -0.05) is 0 Å². The summed E-state index contributed by atoms with van der Waals surface area (Å²) in [4.78, 5) is 35.6. The van der Waals surface area contributed by atoms with Crippen molar-refractivity contribution in [2.75, 3.05) is 12.7 Å². The molecule has 1 aliphatic rings. The molecule has 0 saturated carbocycles. The molecule has 3 atom stereocenters. The Morgan fingerprint density at radius 3 is 2.28 bits per heavy atom. The first-order chi connectivity index (χ1) is 8.08. The van der Waals surface area contributed by atoms with Gasteiger partial charge in [-0.05, 0) is 12.8 Å². The van der Waals surface area contributed by atoms with Crippen LogP contribution < -0.4 is 5.32 Å². The molecule has 0 aromatic rings. The maximum Gasteiger partial charge on any atom is 0.354 e. The van der Waals surface area contributed by atoms with Crippen LogP contribution in [0.2, 0.25) is 0 Å². The van der Waals surface area contributed by atoms with Crippen LogP contribution in [0.15, 0.2) is 0 Å². The molecule has 18 heavy (non-hydrogen) atoms. The lowest BCUT2D eigenvalue weighted by Crippen LogP contribution is -2.43. The highest BCUT2D eigenvalue weighted by Crippen LogP contribution is 2.49. The SMILES string of the molecule is O=P(O)(O)CC(OC1CCC(S)CN1)P(=O)(O)O. The van der Waals surface area contributed by atoms with E-state index < -0.39 is 33.4 Å². The fraction of sp³-hybridized carbons (Fsp3) is 1.00. The lowest BCUT2D eigenvalue weighted by atomic mass is 10.1. The maximum absolute atomic E-state index is 11.1. The Hall–Kier alpha value is 0.570. The number of ether oxygens (including phenoxy) is 1. The van der Waals surface area contributed by atoms with Crippen molar-refractivity contribution in [1.82, 2.24) is 5.32 Å². The zero-order valence-electron chi connectivity index (χ0n) is 9.42. The molecule has 108 valence electrons. The zero-order valence-corrected chi connectivity index (χ0v) is 12.1. The second kappa shape index (κ2) is 6.35. The Morgan fingerprint density at radius 1 is 1.28 bits per heavy atom. The molecular formula is C7H17NO7P2S. The van der Waals surface area contributed by atoms with Crippen LogP contribution in [0.3, 0.4) is 0 Å². The molecule has 1 aliphatic heterocycles. The largest absolute Gasteiger partial charge is 0.354 e. The van der Waals surface area contributed by atoms with E-state index in [0.717, 1.165) is 0 Å². The van der Waals surface area contributed by atoms with Gasteiger partial charge in [0, 0.05) is 11.8 Å². The van der Waals surface area contributed by atoms with Crippen molar-refractivity contribution < 1.29 is 33.4 Å². The number of hydrogen-bond donors (Lipinski definition) is 6. The van der Waals surface area contributed by atoms with Gasteiger partial charge in [-0.2, -0.15) is 12.6 Å². The zero-order chi connectivity index (χ0) is 14.0. The minimum absolute atomic E-state index is 0.139. The summed E-state index contributed by atoms with van der Waals surface area (Å²) in [6.45, 7) is 0.511. The average molecular weight is 321 g/mol. The predicted molar refractivity (Wildman–Crippen MR) is 67.6 cm³/mol. The van der Waals surface area contributed by atoms with Crippen molar-refractivity contribution in [3.8, 4) is 0 Å². The van der Waals surface area contributed by atoms with Crippen molar-refractivity contribution in [2.45, 2.75) is 30.2 Å². The van der Waals surface area contributed by atoms with Gasteiger partial charge in [0.2, 0.25) is 0 Å². The summed E-state index contributed by atoms with van der Waals surface area (Å²) < 4.78 is 27.0. The van der Waals surface area contributed by atoms with Gasteiger partial charge in [-0.15, -0.1) is 0 Å². The Morgan fingerprint density at radius 2 is 1.89 bits per heavy atom. The molecule has 1 fully saturated rings. The molecule has 5 N–H and O–H groups in total. The summed E-state index contributed by atoms with van der Waals surface area (Å²) in [6, 6.07) is 0. The fourth-order valence-electron chi connectivity index (χ4n) is 1.55.